The fraction of sp³-hybridized carbons (Fsp3) is 0.0870. The first-order chi connectivity index (χ1) is 15.3. The number of amides is 3. The van der Waals surface area contributed by atoms with E-state index in [2.05, 4.69) is 16.0 Å². The number of halogens is 2. The molecule has 0 bridgehead atoms. The van der Waals surface area contributed by atoms with Gasteiger partial charge in [-0.3, -0.25) is 14.4 Å². The molecule has 3 rings (SSSR count). The lowest BCUT2D eigenvalue weighted by Gasteiger charge is -2.13. The molecular weight excluding hydrogens is 420 g/mol. The van der Waals surface area contributed by atoms with Crippen LogP contribution >= 0.6 is 0 Å². The van der Waals surface area contributed by atoms with Crippen LogP contribution < -0.4 is 20.7 Å². The van der Waals surface area contributed by atoms with Gasteiger partial charge in [-0.15, -0.1) is 0 Å². The molecule has 9 heteroatoms. The highest BCUT2D eigenvalue weighted by atomic mass is 19.1. The van der Waals surface area contributed by atoms with Crippen LogP contribution in [0.3, 0.4) is 0 Å². The summed E-state index contributed by atoms with van der Waals surface area (Å²) in [7, 11) is 0. The predicted molar refractivity (Wildman–Crippen MR) is 116 cm³/mol. The molecule has 0 aliphatic heterocycles. The Labute approximate surface area is 182 Å². The van der Waals surface area contributed by atoms with Crippen LogP contribution in [0.1, 0.15) is 17.3 Å². The van der Waals surface area contributed by atoms with E-state index in [0.29, 0.717) is 0 Å². The maximum atomic E-state index is 13.8. The first-order valence-electron chi connectivity index (χ1n) is 9.48. The molecule has 164 valence electrons. The molecule has 0 heterocycles. The zero-order valence-electron chi connectivity index (χ0n) is 16.9. The van der Waals surface area contributed by atoms with Crippen molar-refractivity contribution in [3.63, 3.8) is 0 Å². The van der Waals surface area contributed by atoms with Gasteiger partial charge in [-0.25, -0.2) is 8.78 Å². The second-order valence-electron chi connectivity index (χ2n) is 6.64. The molecule has 0 radical (unpaired) electrons. The zero-order valence-corrected chi connectivity index (χ0v) is 16.9. The molecule has 0 saturated carbocycles. The summed E-state index contributed by atoms with van der Waals surface area (Å²) in [6, 6.07) is 15.6. The second kappa shape index (κ2) is 10.2. The third-order valence-electron chi connectivity index (χ3n) is 4.17. The van der Waals surface area contributed by atoms with Gasteiger partial charge in [0.15, 0.2) is 6.61 Å². The minimum Gasteiger partial charge on any atom is -0.483 e. The lowest BCUT2D eigenvalue weighted by atomic mass is 10.1. The number of hydrogen-bond acceptors (Lipinski definition) is 4. The lowest BCUT2D eigenvalue weighted by Crippen LogP contribution is -2.22. The van der Waals surface area contributed by atoms with Crippen molar-refractivity contribution in [3.8, 4) is 5.75 Å². The van der Waals surface area contributed by atoms with E-state index in [1.54, 1.807) is 18.2 Å². The van der Waals surface area contributed by atoms with Gasteiger partial charge in [-0.05, 0) is 42.5 Å². The third kappa shape index (κ3) is 5.88. The van der Waals surface area contributed by atoms with Gasteiger partial charge in [0.1, 0.15) is 17.4 Å². The molecule has 3 amide bonds. The average molecular weight is 439 g/mol. The van der Waals surface area contributed by atoms with Gasteiger partial charge < -0.3 is 20.7 Å². The molecule has 0 aliphatic rings. The van der Waals surface area contributed by atoms with E-state index in [1.165, 1.54) is 49.4 Å². The highest BCUT2D eigenvalue weighted by molar-refractivity contribution is 6.06. The molecule has 0 unspecified atom stereocenters. The van der Waals surface area contributed by atoms with E-state index in [1.807, 2.05) is 0 Å². The molecule has 0 aromatic heterocycles. The maximum Gasteiger partial charge on any atom is 0.262 e. The quantitative estimate of drug-likeness (QED) is 0.514. The number of benzene rings is 3. The molecule has 7 nitrogen and oxygen atoms in total. The Balaban J connectivity index is 1.68. The summed E-state index contributed by atoms with van der Waals surface area (Å²) >= 11 is 0. The van der Waals surface area contributed by atoms with E-state index in [4.69, 9.17) is 4.74 Å². The van der Waals surface area contributed by atoms with E-state index in [-0.39, 0.29) is 28.4 Å². The van der Waals surface area contributed by atoms with E-state index in [0.717, 1.165) is 6.07 Å². The highest BCUT2D eigenvalue weighted by Crippen LogP contribution is 2.23. The topological polar surface area (TPSA) is 96.5 Å². The number of carbonyl (C=O) groups excluding carboxylic acids is 3. The van der Waals surface area contributed by atoms with Crippen LogP contribution in [0.2, 0.25) is 0 Å². The number of ether oxygens (including phenoxy) is 1. The minimum absolute atomic E-state index is 0.0124. The Morgan fingerprint density at radius 1 is 0.812 bits per heavy atom. The third-order valence-corrected chi connectivity index (χ3v) is 4.17. The van der Waals surface area contributed by atoms with Crippen LogP contribution in [-0.4, -0.2) is 24.3 Å². The number of anilines is 3. The Bertz CT molecular complexity index is 1170. The Morgan fingerprint density at radius 2 is 1.50 bits per heavy atom. The summed E-state index contributed by atoms with van der Waals surface area (Å²) in [5, 5.41) is 7.31. The van der Waals surface area contributed by atoms with Crippen molar-refractivity contribution in [2.24, 2.45) is 0 Å². The van der Waals surface area contributed by atoms with Crippen molar-refractivity contribution in [2.45, 2.75) is 6.92 Å². The number of hydrogen-bond donors (Lipinski definition) is 3. The first kappa shape index (κ1) is 22.4. The Hall–Kier alpha value is -4.27. The molecule has 3 aromatic rings. The Kier molecular flexibility index (Phi) is 7.12. The molecule has 3 N–H and O–H groups in total. The van der Waals surface area contributed by atoms with Crippen LogP contribution in [-0.2, 0) is 9.59 Å². The van der Waals surface area contributed by atoms with Crippen LogP contribution in [0.25, 0.3) is 0 Å². The molecule has 0 aliphatic carbocycles. The summed E-state index contributed by atoms with van der Waals surface area (Å²) in [6.45, 7) is 0.780. The fourth-order valence-corrected chi connectivity index (χ4v) is 2.76. The van der Waals surface area contributed by atoms with Gasteiger partial charge in [0.05, 0.1) is 16.9 Å². The number of nitrogens with one attached hydrogen (secondary N) is 3. The second-order valence-corrected chi connectivity index (χ2v) is 6.64. The summed E-state index contributed by atoms with van der Waals surface area (Å²) in [4.78, 5) is 36.0. The normalized spacial score (nSPS) is 10.2. The van der Waals surface area contributed by atoms with Crippen molar-refractivity contribution in [1.29, 1.82) is 0 Å². The van der Waals surface area contributed by atoms with Gasteiger partial charge in [0.25, 0.3) is 11.8 Å². The molecule has 0 spiro atoms. The van der Waals surface area contributed by atoms with Crippen LogP contribution in [0.5, 0.6) is 5.75 Å². The maximum absolute atomic E-state index is 13.8. The number of carbonyl (C=O) groups is 3. The fourth-order valence-electron chi connectivity index (χ4n) is 2.76. The average Bonchev–Trinajstić information content (AvgIpc) is 2.76. The SMILES string of the molecule is CC(=O)Nc1cc(NC(=O)c2ccccc2OCC(=O)Nc2ccccc2F)ccc1F. The summed E-state index contributed by atoms with van der Waals surface area (Å²) in [5.41, 5.74) is 0.298. The molecule has 3 aromatic carbocycles. The van der Waals surface area contributed by atoms with Gasteiger partial charge in [-0.2, -0.15) is 0 Å². The van der Waals surface area contributed by atoms with Crippen LogP contribution in [0.15, 0.2) is 66.7 Å². The van der Waals surface area contributed by atoms with Gasteiger partial charge in [0, 0.05) is 12.6 Å². The van der Waals surface area contributed by atoms with Gasteiger partial charge >= 0.3 is 0 Å². The van der Waals surface area contributed by atoms with E-state index >= 15 is 0 Å². The monoisotopic (exact) mass is 439 g/mol. The standard InChI is InChI=1S/C23H19F2N3O4/c1-14(29)26-20-12-15(10-11-18(20)25)27-23(31)16-6-2-5-9-21(16)32-13-22(30)28-19-8-4-3-7-17(19)24/h2-12H,13H2,1H3,(H,26,29)(H,27,31)(H,28,30). The van der Waals surface area contributed by atoms with Gasteiger partial charge in [-0.1, -0.05) is 24.3 Å². The van der Waals surface area contributed by atoms with Crippen molar-refractivity contribution in [2.75, 3.05) is 22.6 Å². The molecular formula is C23H19F2N3O4. The van der Waals surface area contributed by atoms with Crippen LogP contribution in [0.4, 0.5) is 25.8 Å². The molecule has 0 saturated heterocycles. The lowest BCUT2D eigenvalue weighted by molar-refractivity contribution is -0.118. The Morgan fingerprint density at radius 3 is 2.25 bits per heavy atom. The van der Waals surface area contributed by atoms with E-state index < -0.39 is 36.0 Å². The summed E-state index contributed by atoms with van der Waals surface area (Å²) < 4.78 is 32.9. The van der Waals surface area contributed by atoms with Crippen molar-refractivity contribution >= 4 is 34.8 Å². The number of rotatable bonds is 7. The zero-order chi connectivity index (χ0) is 23.1. The molecule has 0 fully saturated rings. The largest absolute Gasteiger partial charge is 0.483 e. The first-order valence-corrected chi connectivity index (χ1v) is 9.48. The summed E-state index contributed by atoms with van der Waals surface area (Å²) in [6.07, 6.45) is 0. The molecule has 32 heavy (non-hydrogen) atoms. The van der Waals surface area contributed by atoms with Crippen LogP contribution in [0, 0.1) is 11.6 Å². The highest BCUT2D eigenvalue weighted by Gasteiger charge is 2.15. The number of para-hydroxylation sites is 2. The van der Waals surface area contributed by atoms with Crippen molar-refractivity contribution in [3.05, 3.63) is 83.9 Å². The predicted octanol–water partition coefficient (Wildman–Crippen LogP) is 4.19. The van der Waals surface area contributed by atoms with E-state index in [9.17, 15) is 23.2 Å². The minimum atomic E-state index is -0.650. The smallest absolute Gasteiger partial charge is 0.262 e. The summed E-state index contributed by atoms with van der Waals surface area (Å²) in [5.74, 6) is -2.75. The van der Waals surface area contributed by atoms with Crippen molar-refractivity contribution in [1.82, 2.24) is 0 Å². The molecule has 0 atom stereocenters. The van der Waals surface area contributed by atoms with Gasteiger partial charge in [0.2, 0.25) is 5.91 Å². The van der Waals surface area contributed by atoms with Crippen molar-refractivity contribution < 1.29 is 27.9 Å².